The van der Waals surface area contributed by atoms with Gasteiger partial charge in [0.25, 0.3) is 5.69 Å². The zero-order valence-electron chi connectivity index (χ0n) is 10.2. The number of aliphatic hydroxyl groups excluding tert-OH is 1. The Morgan fingerprint density at radius 3 is 2.79 bits per heavy atom. The van der Waals surface area contributed by atoms with Crippen molar-refractivity contribution in [3.63, 3.8) is 0 Å². The highest BCUT2D eigenvalue weighted by Gasteiger charge is 2.20. The summed E-state index contributed by atoms with van der Waals surface area (Å²) in [6.45, 7) is 0.264. The fourth-order valence-corrected chi connectivity index (χ4v) is 1.46. The molecule has 1 aromatic rings. The minimum absolute atomic E-state index is 0.127. The normalized spacial score (nSPS) is 11.9. The Hall–Kier alpha value is -2.19. The van der Waals surface area contributed by atoms with Crippen LogP contribution in [0.1, 0.15) is 10.4 Å². The molecule has 8 nitrogen and oxygen atoms in total. The molecular formula is C11H14N2O6. The number of carbonyl (C=O) groups is 1. The molecule has 19 heavy (non-hydrogen) atoms. The predicted octanol–water partition coefficient (Wildman–Crippen LogP) is 0.712. The predicted molar refractivity (Wildman–Crippen MR) is 66.4 cm³/mol. The highest BCUT2D eigenvalue weighted by molar-refractivity contribution is 5.93. The first-order chi connectivity index (χ1) is 8.95. The van der Waals surface area contributed by atoms with Crippen LogP contribution in [0.15, 0.2) is 18.2 Å². The van der Waals surface area contributed by atoms with Crippen molar-refractivity contribution in [3.05, 3.63) is 33.9 Å². The van der Waals surface area contributed by atoms with Crippen molar-refractivity contribution < 1.29 is 24.7 Å². The largest absolute Gasteiger partial charge is 0.477 e. The standard InChI is InChI=1S/C11H14N2O6/c1-19-6-8(14)5-12-7-2-3-9(11(15)16)10(4-7)13(17)18/h2-4,8,12,14H,5-6H2,1H3,(H,15,16). The number of methoxy groups -OCH3 is 1. The summed E-state index contributed by atoms with van der Waals surface area (Å²) < 4.78 is 4.73. The number of aromatic carboxylic acids is 1. The molecule has 0 aromatic heterocycles. The van der Waals surface area contributed by atoms with Crippen LogP contribution in [0.4, 0.5) is 11.4 Å². The first kappa shape index (κ1) is 14.9. The van der Waals surface area contributed by atoms with E-state index in [9.17, 15) is 20.0 Å². The summed E-state index contributed by atoms with van der Waals surface area (Å²) in [6.07, 6.45) is -0.761. The monoisotopic (exact) mass is 270 g/mol. The van der Waals surface area contributed by atoms with Gasteiger partial charge in [0.15, 0.2) is 0 Å². The smallest absolute Gasteiger partial charge is 0.342 e. The number of nitrogens with zero attached hydrogens (tertiary/aromatic N) is 1. The van der Waals surface area contributed by atoms with Crippen LogP contribution in [-0.4, -0.2) is 47.5 Å². The van der Waals surface area contributed by atoms with E-state index in [4.69, 9.17) is 9.84 Å². The van der Waals surface area contributed by atoms with E-state index in [0.717, 1.165) is 12.1 Å². The number of hydrogen-bond donors (Lipinski definition) is 3. The van der Waals surface area contributed by atoms with Crippen molar-refractivity contribution in [2.45, 2.75) is 6.10 Å². The molecule has 3 N–H and O–H groups in total. The van der Waals surface area contributed by atoms with Gasteiger partial charge in [0.2, 0.25) is 0 Å². The lowest BCUT2D eigenvalue weighted by molar-refractivity contribution is -0.385. The van der Waals surface area contributed by atoms with Crippen molar-refractivity contribution in [1.29, 1.82) is 0 Å². The van der Waals surface area contributed by atoms with Crippen molar-refractivity contribution in [1.82, 2.24) is 0 Å². The molecule has 0 aliphatic rings. The molecule has 0 radical (unpaired) electrons. The molecule has 0 bridgehead atoms. The van der Waals surface area contributed by atoms with E-state index < -0.39 is 22.7 Å². The van der Waals surface area contributed by atoms with E-state index in [0.29, 0.717) is 5.69 Å². The lowest BCUT2D eigenvalue weighted by atomic mass is 10.1. The summed E-state index contributed by atoms with van der Waals surface area (Å²) in [6, 6.07) is 3.66. The number of nitrogens with one attached hydrogen (secondary N) is 1. The molecule has 0 aliphatic carbocycles. The molecule has 104 valence electrons. The number of ether oxygens (including phenoxy) is 1. The minimum atomic E-state index is -1.36. The quantitative estimate of drug-likeness (QED) is 0.492. The Labute approximate surface area is 108 Å². The molecule has 0 saturated carbocycles. The van der Waals surface area contributed by atoms with Gasteiger partial charge >= 0.3 is 5.97 Å². The van der Waals surface area contributed by atoms with Crippen LogP contribution in [0.2, 0.25) is 0 Å². The average molecular weight is 270 g/mol. The van der Waals surface area contributed by atoms with E-state index >= 15 is 0 Å². The SMILES string of the molecule is COCC(O)CNc1ccc(C(=O)O)c([N+](=O)[O-])c1. The number of aliphatic hydroxyl groups is 1. The summed E-state index contributed by atoms with van der Waals surface area (Å²) >= 11 is 0. The summed E-state index contributed by atoms with van der Waals surface area (Å²) in [5.41, 5.74) is -0.529. The number of anilines is 1. The van der Waals surface area contributed by atoms with Crippen LogP contribution in [-0.2, 0) is 4.74 Å². The summed E-state index contributed by atoms with van der Waals surface area (Å²) in [5.74, 6) is -1.36. The second kappa shape index (κ2) is 6.66. The number of nitro groups is 1. The fraction of sp³-hybridized carbons (Fsp3) is 0.364. The van der Waals surface area contributed by atoms with Gasteiger partial charge in [-0.2, -0.15) is 0 Å². The van der Waals surface area contributed by atoms with Crippen LogP contribution in [0.25, 0.3) is 0 Å². The molecule has 0 saturated heterocycles. The van der Waals surface area contributed by atoms with E-state index in [1.54, 1.807) is 0 Å². The Morgan fingerprint density at radius 1 is 1.58 bits per heavy atom. The third kappa shape index (κ3) is 4.19. The second-order valence-electron chi connectivity index (χ2n) is 3.78. The number of rotatable bonds is 7. The first-order valence-electron chi connectivity index (χ1n) is 5.38. The summed E-state index contributed by atoms with van der Waals surface area (Å²) in [7, 11) is 1.44. The van der Waals surface area contributed by atoms with Crippen molar-refractivity contribution in [2.24, 2.45) is 0 Å². The van der Waals surface area contributed by atoms with Gasteiger partial charge in [0.05, 0.1) is 17.6 Å². The maximum Gasteiger partial charge on any atom is 0.342 e. The topological polar surface area (TPSA) is 122 Å². The lowest BCUT2D eigenvalue weighted by Crippen LogP contribution is -2.24. The van der Waals surface area contributed by atoms with Crippen LogP contribution < -0.4 is 5.32 Å². The van der Waals surface area contributed by atoms with E-state index in [1.807, 2.05) is 0 Å². The van der Waals surface area contributed by atoms with Crippen LogP contribution >= 0.6 is 0 Å². The molecule has 0 aliphatic heterocycles. The molecule has 0 heterocycles. The number of carboxylic acid groups (broad SMARTS) is 1. The molecule has 1 unspecified atom stereocenters. The molecule has 1 rings (SSSR count). The highest BCUT2D eigenvalue weighted by atomic mass is 16.6. The molecule has 8 heteroatoms. The second-order valence-corrected chi connectivity index (χ2v) is 3.78. The van der Waals surface area contributed by atoms with Crippen LogP contribution in [0, 0.1) is 10.1 Å². The Kier molecular flexibility index (Phi) is 5.22. The van der Waals surface area contributed by atoms with Gasteiger partial charge in [-0.05, 0) is 12.1 Å². The van der Waals surface area contributed by atoms with Crippen LogP contribution in [0.3, 0.4) is 0 Å². The average Bonchev–Trinajstić information content (AvgIpc) is 2.36. The maximum absolute atomic E-state index is 10.8. The number of carboxylic acids is 1. The zero-order valence-corrected chi connectivity index (χ0v) is 10.2. The summed E-state index contributed by atoms with van der Waals surface area (Å²) in [5, 5.41) is 31.8. The number of hydrogen-bond acceptors (Lipinski definition) is 6. The van der Waals surface area contributed by atoms with Gasteiger partial charge in [-0.1, -0.05) is 0 Å². The van der Waals surface area contributed by atoms with E-state index in [2.05, 4.69) is 5.32 Å². The van der Waals surface area contributed by atoms with Crippen molar-refractivity contribution in [2.75, 3.05) is 25.6 Å². The molecule has 1 aromatic carbocycles. The molecule has 0 spiro atoms. The molecule has 1 atom stereocenters. The van der Waals surface area contributed by atoms with Gasteiger partial charge in [0, 0.05) is 25.4 Å². The highest BCUT2D eigenvalue weighted by Crippen LogP contribution is 2.23. The zero-order chi connectivity index (χ0) is 14.4. The maximum atomic E-state index is 10.8. The third-order valence-corrected chi connectivity index (χ3v) is 2.33. The van der Waals surface area contributed by atoms with E-state index in [-0.39, 0.29) is 18.7 Å². The number of benzene rings is 1. The van der Waals surface area contributed by atoms with Gasteiger partial charge < -0.3 is 20.3 Å². The Bertz CT molecular complexity index is 476. The molecular weight excluding hydrogens is 256 g/mol. The number of nitro benzene ring substituents is 1. The van der Waals surface area contributed by atoms with E-state index in [1.165, 1.54) is 13.2 Å². The third-order valence-electron chi connectivity index (χ3n) is 2.33. The van der Waals surface area contributed by atoms with Crippen molar-refractivity contribution in [3.8, 4) is 0 Å². The van der Waals surface area contributed by atoms with Crippen LogP contribution in [0.5, 0.6) is 0 Å². The Morgan fingerprint density at radius 2 is 2.26 bits per heavy atom. The molecule has 0 fully saturated rings. The van der Waals surface area contributed by atoms with Gasteiger partial charge in [0.1, 0.15) is 5.56 Å². The summed E-state index contributed by atoms with van der Waals surface area (Å²) in [4.78, 5) is 20.8. The first-order valence-corrected chi connectivity index (χ1v) is 5.38. The minimum Gasteiger partial charge on any atom is -0.477 e. The van der Waals surface area contributed by atoms with Gasteiger partial charge in [-0.15, -0.1) is 0 Å². The Balaban J connectivity index is 2.84. The van der Waals surface area contributed by atoms with Gasteiger partial charge in [-0.25, -0.2) is 4.79 Å². The van der Waals surface area contributed by atoms with Gasteiger partial charge in [-0.3, -0.25) is 10.1 Å². The molecule has 0 amide bonds. The fourth-order valence-electron chi connectivity index (χ4n) is 1.46. The van der Waals surface area contributed by atoms with Crippen molar-refractivity contribution >= 4 is 17.3 Å². The lowest BCUT2D eigenvalue weighted by Gasteiger charge is -2.12.